The van der Waals surface area contributed by atoms with Crippen molar-refractivity contribution in [1.82, 2.24) is 14.7 Å². The highest BCUT2D eigenvalue weighted by atomic mass is 31.1. The van der Waals surface area contributed by atoms with Gasteiger partial charge in [0.15, 0.2) is 0 Å². The summed E-state index contributed by atoms with van der Waals surface area (Å²) >= 11 is 0. The molecule has 0 heterocycles. The lowest BCUT2D eigenvalue weighted by atomic mass is 9.70. The van der Waals surface area contributed by atoms with Gasteiger partial charge in [-0.3, -0.25) is 14.7 Å². The lowest BCUT2D eigenvalue weighted by Crippen LogP contribution is -2.37. The van der Waals surface area contributed by atoms with Crippen LogP contribution in [0.25, 0.3) is 0 Å². The Morgan fingerprint density at radius 2 is 0.432 bits per heavy atom. The fourth-order valence-electron chi connectivity index (χ4n) is 26.5. The molecule has 0 amide bonds. The van der Waals surface area contributed by atoms with E-state index in [-0.39, 0.29) is 52.9 Å². The average molecular weight is 1640 g/mol. The van der Waals surface area contributed by atoms with Crippen LogP contribution in [0.3, 0.4) is 0 Å². The summed E-state index contributed by atoms with van der Waals surface area (Å²) in [5, 5.41) is 0. The molecule has 12 fully saturated rings. The van der Waals surface area contributed by atoms with Gasteiger partial charge in [0.2, 0.25) is 0 Å². The van der Waals surface area contributed by atoms with Crippen molar-refractivity contribution in [2.24, 2.45) is 5.73 Å². The van der Waals surface area contributed by atoms with Gasteiger partial charge in [-0.2, -0.15) is 0 Å². The molecule has 636 valence electrons. The van der Waals surface area contributed by atoms with Crippen molar-refractivity contribution in [3.63, 3.8) is 0 Å². The predicted octanol–water partition coefficient (Wildman–Crippen LogP) is 31.7. The van der Waals surface area contributed by atoms with Gasteiger partial charge in [-0.15, -0.1) is 0 Å². The highest BCUT2D eigenvalue weighted by molar-refractivity contribution is 7.61. The lowest BCUT2D eigenvalue weighted by molar-refractivity contribution is 0.249. The summed E-state index contributed by atoms with van der Waals surface area (Å²) in [6, 6.07) is 10.6. The van der Waals surface area contributed by atoms with Gasteiger partial charge in [0.05, 0.1) is 6.61 Å². The molecule has 12 aliphatic rings. The van der Waals surface area contributed by atoms with Gasteiger partial charge in [0.25, 0.3) is 0 Å². The van der Waals surface area contributed by atoms with Gasteiger partial charge in [-0.05, 0) is 323 Å². The van der Waals surface area contributed by atoms with Crippen LogP contribution in [0.1, 0.15) is 455 Å². The minimum atomic E-state index is 0.00293. The van der Waals surface area contributed by atoms with E-state index >= 15 is 0 Å². The third-order valence-electron chi connectivity index (χ3n) is 32.9. The monoisotopic (exact) mass is 1640 g/mol. The first kappa shape index (κ1) is 90.2. The Labute approximate surface area is 696 Å². The largest absolute Gasteiger partial charge is 0.494 e. The molecule has 12 aliphatic carbocycles. The highest BCUT2D eigenvalue weighted by Crippen LogP contribution is 2.65. The predicted molar refractivity (Wildman–Crippen MR) is 502 cm³/mol. The van der Waals surface area contributed by atoms with E-state index < -0.39 is 0 Å². The van der Waals surface area contributed by atoms with Gasteiger partial charge in [0.1, 0.15) is 5.75 Å². The third-order valence-corrected chi connectivity index (χ3v) is 54.7. The molecule has 0 aliphatic heterocycles. The molecule has 0 bridgehead atoms. The molecule has 0 unspecified atom stereocenters. The first-order valence-electron chi connectivity index (χ1n) is 51.2. The highest BCUT2D eigenvalue weighted by Gasteiger charge is 2.43. The smallest absolute Gasteiger partial charge is 0.119 e. The first-order valence-corrected chi connectivity index (χ1v) is 61.2. The Morgan fingerprint density at radius 3 is 0.622 bits per heavy atom. The van der Waals surface area contributed by atoms with E-state index in [0.29, 0.717) is 0 Å². The van der Waals surface area contributed by atoms with Crippen LogP contribution in [0.5, 0.6) is 5.75 Å². The third kappa shape index (κ3) is 29.0. The number of ether oxygens (including phenoxy) is 1. The van der Waals surface area contributed by atoms with Crippen molar-refractivity contribution in [3.05, 3.63) is 29.8 Å². The quantitative estimate of drug-likeness (QED) is 0.0521. The molecule has 13 rings (SSSR count). The van der Waals surface area contributed by atoms with E-state index in [1.54, 1.807) is 160 Å². The summed E-state index contributed by atoms with van der Waals surface area (Å²) in [4.78, 5) is 10.3. The lowest BCUT2D eigenvalue weighted by Gasteiger charge is -2.46. The average Bonchev–Trinajstić information content (AvgIpc) is 0.951. The van der Waals surface area contributed by atoms with Crippen LogP contribution in [0.4, 0.5) is 0 Å². The second-order valence-electron chi connectivity index (χ2n) is 40.8. The normalized spacial score (nSPS) is 24.4. The number of unbranched alkanes of at least 4 members (excludes halogenated alkanes) is 3. The minimum Gasteiger partial charge on any atom is -0.494 e. The summed E-state index contributed by atoms with van der Waals surface area (Å²) in [6.07, 6.45) is 115. The maximum atomic E-state index is 6.87. The van der Waals surface area contributed by atoms with Gasteiger partial charge < -0.3 is 10.5 Å². The second kappa shape index (κ2) is 51.5. The molecular formula is C100H180N4OP6. The molecule has 5 nitrogen and oxygen atoms in total. The van der Waals surface area contributed by atoms with Crippen molar-refractivity contribution in [3.8, 4) is 5.75 Å². The SMILES string of the molecule is NCCCCCCOc1ccc(C(CCCN(CP(C2CCCCC2)C2CCCCC2)CP(C2CCCCC2)C2CCCCC2)(CCCN(CP(C2CCCCC2)C2CCCCC2)CP(C2CCCCC2)C2CCCCC2)CCCN(CP(C2CCCCC2)C2CCCCC2)CP(C2CCCCC2)C2CCCCC2)cc1. The minimum absolute atomic E-state index is 0.00293. The zero-order chi connectivity index (χ0) is 75.6. The van der Waals surface area contributed by atoms with Crippen molar-refractivity contribution in [2.45, 2.75) is 523 Å². The Kier molecular flexibility index (Phi) is 41.8. The van der Waals surface area contributed by atoms with Gasteiger partial charge in [-0.1, -0.05) is 304 Å². The van der Waals surface area contributed by atoms with Crippen LogP contribution < -0.4 is 10.5 Å². The van der Waals surface area contributed by atoms with Gasteiger partial charge in [-0.25, -0.2) is 0 Å². The fourth-order valence-corrected chi connectivity index (χ4v) is 49.9. The maximum Gasteiger partial charge on any atom is 0.119 e. The molecule has 0 atom stereocenters. The number of hydrogen-bond acceptors (Lipinski definition) is 5. The maximum absolute atomic E-state index is 6.87. The van der Waals surface area contributed by atoms with Crippen molar-refractivity contribution >= 4 is 47.5 Å². The fraction of sp³-hybridized carbons (Fsp3) is 0.940. The zero-order valence-electron chi connectivity index (χ0n) is 73.0. The molecule has 2 N–H and O–H groups in total. The number of nitrogens with zero attached hydrogens (tertiary/aromatic N) is 3. The summed E-state index contributed by atoms with van der Waals surface area (Å²) in [5.41, 5.74) is 20.4. The van der Waals surface area contributed by atoms with E-state index in [1.807, 2.05) is 0 Å². The molecule has 0 saturated heterocycles. The molecule has 111 heavy (non-hydrogen) atoms. The van der Waals surface area contributed by atoms with E-state index in [4.69, 9.17) is 10.5 Å². The van der Waals surface area contributed by atoms with E-state index in [2.05, 4.69) is 39.0 Å². The van der Waals surface area contributed by atoms with Crippen LogP contribution >= 0.6 is 47.5 Å². The molecule has 11 heteroatoms. The Morgan fingerprint density at radius 1 is 0.243 bits per heavy atom. The molecule has 0 aromatic heterocycles. The summed E-state index contributed by atoms with van der Waals surface area (Å²) < 4.78 is 6.87. The zero-order valence-corrected chi connectivity index (χ0v) is 78.4. The van der Waals surface area contributed by atoms with Crippen molar-refractivity contribution in [2.75, 3.05) is 70.5 Å². The van der Waals surface area contributed by atoms with Gasteiger partial charge >= 0.3 is 0 Å². The second-order valence-corrected chi connectivity index (χ2v) is 57.4. The van der Waals surface area contributed by atoms with Gasteiger partial charge in [0, 0.05) is 37.7 Å². The van der Waals surface area contributed by atoms with E-state index in [9.17, 15) is 0 Å². The topological polar surface area (TPSA) is 45.0 Å². The van der Waals surface area contributed by atoms with Crippen molar-refractivity contribution in [1.29, 1.82) is 0 Å². The van der Waals surface area contributed by atoms with E-state index in [0.717, 1.165) is 99.7 Å². The molecule has 12 saturated carbocycles. The van der Waals surface area contributed by atoms with Crippen molar-refractivity contribution < 1.29 is 4.74 Å². The Bertz CT molecular complexity index is 2070. The summed E-state index contributed by atoms with van der Waals surface area (Å²) in [5.74, 6) is 1.14. The molecule has 0 radical (unpaired) electrons. The molecule has 0 spiro atoms. The first-order chi connectivity index (χ1) is 55.0. The van der Waals surface area contributed by atoms with E-state index in [1.165, 1.54) is 340 Å². The molecular weight excluding hydrogens is 1460 g/mol. The number of rotatable bonds is 44. The molecule has 1 aromatic rings. The number of benzene rings is 1. The van der Waals surface area contributed by atoms with Crippen LogP contribution in [0.15, 0.2) is 24.3 Å². The Balaban J connectivity index is 0.877. The number of nitrogens with two attached hydrogens (primary N) is 1. The summed E-state index contributed by atoms with van der Waals surface area (Å²) in [6.45, 7) is 5.83. The Hall–Kier alpha value is 1.44. The molecule has 1 aromatic carbocycles. The summed E-state index contributed by atoms with van der Waals surface area (Å²) in [7, 11) is 0.0176. The van der Waals surface area contributed by atoms with Crippen LogP contribution in [0.2, 0.25) is 0 Å². The van der Waals surface area contributed by atoms with Crippen LogP contribution in [-0.4, -0.2) is 153 Å². The van der Waals surface area contributed by atoms with Crippen LogP contribution in [0, 0.1) is 0 Å². The number of hydrogen-bond donors (Lipinski definition) is 1. The van der Waals surface area contributed by atoms with Crippen LogP contribution in [-0.2, 0) is 5.41 Å². The standard InChI is InChI=1S/C100H180N4OP6/c101-75-39-1-2-40-79-105-87-70-68-86(69-71-87)100(72-41-76-102(80-106(88-44-15-3-16-45-88)89-46-17-4-18-47-89)81-107(90-48-19-5-20-49-90)91-50-21-6-22-51-91,73-42-77-103(82-108(92-52-23-7-24-53-92)93-54-25-8-26-55-93)83-109(94-56-27-9-28-57-94)95-58-29-10-30-59-95)74-43-78-104(84-110(96-60-31-11-32-61-96)97-62-33-12-34-63-97)85-111(98-64-35-13-36-65-98)99-66-37-14-38-67-99/h68-71,88-99H,1-67,72-85,101H2.